The molecule has 0 atom stereocenters. The van der Waals surface area contributed by atoms with E-state index in [9.17, 15) is 4.39 Å². The van der Waals surface area contributed by atoms with Crippen molar-refractivity contribution in [2.75, 3.05) is 12.4 Å². The van der Waals surface area contributed by atoms with Crippen LogP contribution < -0.4 is 5.32 Å². The van der Waals surface area contributed by atoms with Crippen LogP contribution in [0.4, 0.5) is 10.1 Å². The van der Waals surface area contributed by atoms with Crippen LogP contribution in [0.3, 0.4) is 0 Å². The summed E-state index contributed by atoms with van der Waals surface area (Å²) in [6.07, 6.45) is 0. The van der Waals surface area contributed by atoms with E-state index in [1.807, 2.05) is 19.9 Å². The van der Waals surface area contributed by atoms with Gasteiger partial charge in [-0.05, 0) is 18.6 Å². The molecular formula is C10H18FN. The molecule has 0 aliphatic heterocycles. The normalized spacial score (nSPS) is 8.42. The molecule has 0 aliphatic carbocycles. The number of halogens is 1. The molecule has 70 valence electrons. The first-order valence-electron chi connectivity index (χ1n) is 4.18. The summed E-state index contributed by atoms with van der Waals surface area (Å²) in [7, 11) is 1.71. The van der Waals surface area contributed by atoms with E-state index in [1.165, 1.54) is 0 Å². The number of aryl methyl sites for hydroxylation is 1. The van der Waals surface area contributed by atoms with Crippen molar-refractivity contribution in [2.24, 2.45) is 0 Å². The van der Waals surface area contributed by atoms with Crippen LogP contribution in [0.15, 0.2) is 18.2 Å². The fourth-order valence-corrected chi connectivity index (χ4v) is 0.841. The van der Waals surface area contributed by atoms with Crippen molar-refractivity contribution >= 4 is 5.69 Å². The lowest BCUT2D eigenvalue weighted by Crippen LogP contribution is -1.93. The zero-order valence-corrected chi connectivity index (χ0v) is 8.11. The Bertz CT molecular complexity index is 238. The molecule has 0 heterocycles. The molecule has 0 bridgehead atoms. The Hall–Kier alpha value is -1.05. The summed E-state index contributed by atoms with van der Waals surface area (Å²) in [4.78, 5) is 0. The predicted molar refractivity (Wildman–Crippen MR) is 54.1 cm³/mol. The standard InChI is InChI=1S/C8H10FN.C2H6.H2/c1-6-4-3-5-7(10-2)8(6)9;1-2;/h3-5,10H,1-2H3;1-2H3;1H. The van der Waals surface area contributed by atoms with Crippen LogP contribution in [0.5, 0.6) is 0 Å². The summed E-state index contributed by atoms with van der Waals surface area (Å²) in [6.45, 7) is 5.75. The molecule has 0 saturated heterocycles. The summed E-state index contributed by atoms with van der Waals surface area (Å²) in [5.74, 6) is -0.162. The number of rotatable bonds is 1. The van der Waals surface area contributed by atoms with Crippen molar-refractivity contribution in [3.63, 3.8) is 0 Å². The molecule has 0 fully saturated rings. The van der Waals surface area contributed by atoms with Gasteiger partial charge >= 0.3 is 0 Å². The number of hydrogen-bond acceptors (Lipinski definition) is 1. The van der Waals surface area contributed by atoms with Gasteiger partial charge in [0.15, 0.2) is 0 Å². The van der Waals surface area contributed by atoms with Gasteiger partial charge in [-0.3, -0.25) is 0 Å². The van der Waals surface area contributed by atoms with Crippen molar-refractivity contribution in [3.05, 3.63) is 29.6 Å². The van der Waals surface area contributed by atoms with Crippen LogP contribution in [0.1, 0.15) is 20.8 Å². The topological polar surface area (TPSA) is 12.0 Å². The van der Waals surface area contributed by atoms with Gasteiger partial charge in [0.2, 0.25) is 0 Å². The van der Waals surface area contributed by atoms with Crippen molar-refractivity contribution in [1.29, 1.82) is 0 Å². The lowest BCUT2D eigenvalue weighted by Gasteiger charge is -2.02. The highest BCUT2D eigenvalue weighted by atomic mass is 19.1. The molecule has 0 aromatic heterocycles. The van der Waals surface area contributed by atoms with Crippen molar-refractivity contribution in [1.82, 2.24) is 0 Å². The Balaban J connectivity index is 0. The van der Waals surface area contributed by atoms with E-state index < -0.39 is 0 Å². The van der Waals surface area contributed by atoms with Crippen LogP contribution in [0.2, 0.25) is 0 Å². The maximum atomic E-state index is 12.9. The molecule has 1 rings (SSSR count). The second-order valence-electron chi connectivity index (χ2n) is 2.19. The zero-order chi connectivity index (χ0) is 9.56. The summed E-state index contributed by atoms with van der Waals surface area (Å²) < 4.78 is 12.9. The molecular weight excluding hydrogens is 153 g/mol. The van der Waals surface area contributed by atoms with Crippen LogP contribution in [0.25, 0.3) is 0 Å². The van der Waals surface area contributed by atoms with Gasteiger partial charge in [-0.1, -0.05) is 26.0 Å². The predicted octanol–water partition coefficient (Wildman–Crippen LogP) is 3.45. The number of hydrogen-bond donors (Lipinski definition) is 1. The van der Waals surface area contributed by atoms with E-state index in [0.717, 1.165) is 0 Å². The molecule has 1 N–H and O–H groups in total. The Labute approximate surface area is 75.1 Å². The first kappa shape index (κ1) is 11.0. The van der Waals surface area contributed by atoms with Crippen LogP contribution >= 0.6 is 0 Å². The summed E-state index contributed by atoms with van der Waals surface area (Å²) >= 11 is 0. The van der Waals surface area contributed by atoms with E-state index in [-0.39, 0.29) is 7.24 Å². The fourth-order valence-electron chi connectivity index (χ4n) is 0.841. The monoisotopic (exact) mass is 171 g/mol. The van der Waals surface area contributed by atoms with Crippen molar-refractivity contribution in [2.45, 2.75) is 20.8 Å². The third-order valence-corrected chi connectivity index (χ3v) is 1.46. The minimum absolute atomic E-state index is 0. The average molecular weight is 171 g/mol. The highest BCUT2D eigenvalue weighted by Crippen LogP contribution is 2.15. The minimum Gasteiger partial charge on any atom is -0.386 e. The smallest absolute Gasteiger partial charge is 0.149 e. The first-order valence-corrected chi connectivity index (χ1v) is 4.18. The van der Waals surface area contributed by atoms with E-state index in [2.05, 4.69) is 5.32 Å². The van der Waals surface area contributed by atoms with Gasteiger partial charge in [-0.25, -0.2) is 4.39 Å². The Morgan fingerprint density at radius 1 is 1.33 bits per heavy atom. The summed E-state index contributed by atoms with van der Waals surface area (Å²) in [5, 5.41) is 2.76. The quantitative estimate of drug-likeness (QED) is 0.682. The Morgan fingerprint density at radius 3 is 2.33 bits per heavy atom. The van der Waals surface area contributed by atoms with Gasteiger partial charge in [-0.15, -0.1) is 0 Å². The van der Waals surface area contributed by atoms with E-state index in [1.54, 1.807) is 26.1 Å². The number of benzene rings is 1. The summed E-state index contributed by atoms with van der Waals surface area (Å²) in [6, 6.07) is 5.28. The molecule has 0 amide bonds. The molecule has 0 radical (unpaired) electrons. The Morgan fingerprint density at radius 2 is 1.92 bits per heavy atom. The molecule has 2 heteroatoms. The first-order chi connectivity index (χ1) is 5.75. The molecule has 1 aromatic rings. The fraction of sp³-hybridized carbons (Fsp3) is 0.400. The molecule has 0 spiro atoms. The maximum Gasteiger partial charge on any atom is 0.149 e. The van der Waals surface area contributed by atoms with E-state index in [0.29, 0.717) is 11.3 Å². The number of anilines is 1. The van der Waals surface area contributed by atoms with Gasteiger partial charge in [0.1, 0.15) is 5.82 Å². The maximum absolute atomic E-state index is 12.9. The third-order valence-electron chi connectivity index (χ3n) is 1.46. The average Bonchev–Trinajstić information content (AvgIpc) is 2.13. The third kappa shape index (κ3) is 2.53. The van der Waals surface area contributed by atoms with Crippen LogP contribution in [0, 0.1) is 12.7 Å². The minimum atomic E-state index is -0.162. The van der Waals surface area contributed by atoms with Crippen LogP contribution in [-0.2, 0) is 0 Å². The molecule has 12 heavy (non-hydrogen) atoms. The van der Waals surface area contributed by atoms with E-state index in [4.69, 9.17) is 0 Å². The lowest BCUT2D eigenvalue weighted by molar-refractivity contribution is 0.622. The van der Waals surface area contributed by atoms with Gasteiger partial charge in [0.25, 0.3) is 0 Å². The second-order valence-corrected chi connectivity index (χ2v) is 2.19. The highest BCUT2D eigenvalue weighted by Gasteiger charge is 2.00. The second kappa shape index (κ2) is 5.58. The SMILES string of the molecule is CC.CNc1cccc(C)c1F.[HH]. The van der Waals surface area contributed by atoms with Crippen LogP contribution in [-0.4, -0.2) is 7.05 Å². The summed E-state index contributed by atoms with van der Waals surface area (Å²) in [5.41, 5.74) is 1.23. The molecule has 1 nitrogen and oxygen atoms in total. The lowest BCUT2D eigenvalue weighted by atomic mass is 10.2. The molecule has 0 saturated carbocycles. The van der Waals surface area contributed by atoms with Crippen molar-refractivity contribution in [3.8, 4) is 0 Å². The largest absolute Gasteiger partial charge is 0.386 e. The highest BCUT2D eigenvalue weighted by molar-refractivity contribution is 5.46. The van der Waals surface area contributed by atoms with E-state index >= 15 is 0 Å². The zero-order valence-electron chi connectivity index (χ0n) is 8.11. The molecule has 0 aliphatic rings. The number of nitrogens with one attached hydrogen (secondary N) is 1. The van der Waals surface area contributed by atoms with Gasteiger partial charge in [0, 0.05) is 8.47 Å². The van der Waals surface area contributed by atoms with Gasteiger partial charge < -0.3 is 5.32 Å². The van der Waals surface area contributed by atoms with Gasteiger partial charge in [-0.2, -0.15) is 0 Å². The van der Waals surface area contributed by atoms with Crippen molar-refractivity contribution < 1.29 is 5.82 Å². The molecule has 0 unspecified atom stereocenters. The Kier molecular flexibility index (Phi) is 5.09. The molecule has 1 aromatic carbocycles. The van der Waals surface area contributed by atoms with Gasteiger partial charge in [0.05, 0.1) is 5.69 Å².